The minimum absolute atomic E-state index is 0. The molecule has 0 radical (unpaired) electrons. The molecule has 8 nitrogen and oxygen atoms in total. The molecule has 25 heavy (non-hydrogen) atoms. The van der Waals surface area contributed by atoms with E-state index in [9.17, 15) is 0 Å². The predicted molar refractivity (Wildman–Crippen MR) is 108 cm³/mol. The van der Waals surface area contributed by atoms with Crippen LogP contribution in [0.15, 0.2) is 4.99 Å². The van der Waals surface area contributed by atoms with Crippen molar-refractivity contribution < 1.29 is 4.74 Å². The van der Waals surface area contributed by atoms with Crippen molar-refractivity contribution in [2.24, 2.45) is 18.0 Å². The van der Waals surface area contributed by atoms with Crippen molar-refractivity contribution in [3.8, 4) is 0 Å². The van der Waals surface area contributed by atoms with Crippen LogP contribution in [0, 0.1) is 12.8 Å². The summed E-state index contributed by atoms with van der Waals surface area (Å²) in [6, 6.07) is 0. The van der Waals surface area contributed by atoms with E-state index in [1.165, 1.54) is 12.8 Å². The monoisotopic (exact) mass is 463 g/mol. The van der Waals surface area contributed by atoms with Crippen LogP contribution in [-0.2, 0) is 18.3 Å². The maximum absolute atomic E-state index is 5.39. The number of aliphatic imine (C=N–C) groups is 1. The smallest absolute Gasteiger partial charge is 0.191 e. The van der Waals surface area contributed by atoms with E-state index in [2.05, 4.69) is 30.7 Å². The van der Waals surface area contributed by atoms with Gasteiger partial charge in [-0.25, -0.2) is 4.99 Å². The first-order chi connectivity index (χ1) is 11.7. The van der Waals surface area contributed by atoms with Gasteiger partial charge in [-0.1, -0.05) is 0 Å². The molecule has 2 heterocycles. The van der Waals surface area contributed by atoms with Crippen molar-refractivity contribution in [1.82, 2.24) is 30.3 Å². The number of ether oxygens (including phenoxy) is 1. The quantitative estimate of drug-likeness (QED) is 0.349. The molecule has 1 saturated heterocycles. The van der Waals surface area contributed by atoms with Gasteiger partial charge in [0.2, 0.25) is 0 Å². The molecule has 0 amide bonds. The Labute approximate surface area is 166 Å². The second-order valence-electron chi connectivity index (χ2n) is 6.59. The second-order valence-corrected chi connectivity index (χ2v) is 6.59. The van der Waals surface area contributed by atoms with E-state index in [1.807, 2.05) is 18.5 Å². The summed E-state index contributed by atoms with van der Waals surface area (Å²) in [4.78, 5) is 7.10. The molecule has 0 bridgehead atoms. The molecule has 142 valence electrons. The molecule has 3 rings (SSSR count). The number of aromatic nitrogens is 3. The van der Waals surface area contributed by atoms with E-state index in [0.29, 0.717) is 6.54 Å². The predicted octanol–water partition coefficient (Wildman–Crippen LogP) is 0.519. The molecule has 1 saturated carbocycles. The van der Waals surface area contributed by atoms with E-state index in [-0.39, 0.29) is 24.0 Å². The van der Waals surface area contributed by atoms with Gasteiger partial charge in [-0.05, 0) is 25.7 Å². The highest BCUT2D eigenvalue weighted by Crippen LogP contribution is 2.27. The van der Waals surface area contributed by atoms with E-state index in [0.717, 1.165) is 69.5 Å². The van der Waals surface area contributed by atoms with Gasteiger partial charge in [-0.3, -0.25) is 4.90 Å². The standard InChI is InChI=1S/C16H29N7O.HI/c1-13-20-21-15(22(13)2)12-19-16(18-11-14-3-4-14)17-5-6-23-7-9-24-10-8-23;/h14H,3-12H2,1-2H3,(H2,17,18,19);1H. The largest absolute Gasteiger partial charge is 0.379 e. The number of nitrogens with zero attached hydrogens (tertiary/aromatic N) is 5. The fourth-order valence-corrected chi connectivity index (χ4v) is 2.63. The van der Waals surface area contributed by atoms with Crippen LogP contribution in [-0.4, -0.2) is 71.6 Å². The fraction of sp³-hybridized carbons (Fsp3) is 0.812. The molecule has 0 aromatic carbocycles. The van der Waals surface area contributed by atoms with Gasteiger partial charge in [0.15, 0.2) is 11.8 Å². The number of hydrogen-bond donors (Lipinski definition) is 2. The van der Waals surface area contributed by atoms with Crippen LogP contribution in [0.2, 0.25) is 0 Å². The molecule has 2 aliphatic rings. The Hall–Kier alpha value is -0.940. The summed E-state index contributed by atoms with van der Waals surface area (Å²) in [7, 11) is 1.98. The molecular weight excluding hydrogens is 433 g/mol. The van der Waals surface area contributed by atoms with Gasteiger partial charge >= 0.3 is 0 Å². The number of guanidine groups is 1. The van der Waals surface area contributed by atoms with Crippen molar-refractivity contribution >= 4 is 29.9 Å². The third-order valence-electron chi connectivity index (χ3n) is 4.64. The molecule has 0 unspecified atom stereocenters. The van der Waals surface area contributed by atoms with Crippen LogP contribution < -0.4 is 10.6 Å². The Morgan fingerprint density at radius 1 is 1.24 bits per heavy atom. The van der Waals surface area contributed by atoms with Crippen LogP contribution in [0.4, 0.5) is 0 Å². The van der Waals surface area contributed by atoms with Gasteiger partial charge in [-0.15, -0.1) is 34.2 Å². The number of halogens is 1. The molecule has 1 aromatic rings. The summed E-state index contributed by atoms with van der Waals surface area (Å²) in [6.07, 6.45) is 2.66. The van der Waals surface area contributed by atoms with Crippen LogP contribution >= 0.6 is 24.0 Å². The third-order valence-corrected chi connectivity index (χ3v) is 4.64. The van der Waals surface area contributed by atoms with Gasteiger partial charge in [0, 0.05) is 39.8 Å². The van der Waals surface area contributed by atoms with Gasteiger partial charge in [-0.2, -0.15) is 0 Å². The Balaban J connectivity index is 0.00000225. The molecule has 0 spiro atoms. The highest BCUT2D eigenvalue weighted by Gasteiger charge is 2.21. The minimum Gasteiger partial charge on any atom is -0.379 e. The first-order valence-corrected chi connectivity index (χ1v) is 8.89. The first-order valence-electron chi connectivity index (χ1n) is 8.89. The van der Waals surface area contributed by atoms with E-state index in [1.54, 1.807) is 0 Å². The summed E-state index contributed by atoms with van der Waals surface area (Å²) in [5, 5.41) is 15.2. The number of hydrogen-bond acceptors (Lipinski definition) is 5. The number of rotatable bonds is 7. The zero-order valence-electron chi connectivity index (χ0n) is 15.2. The summed E-state index contributed by atoms with van der Waals surface area (Å²) in [6.45, 7) is 9.09. The van der Waals surface area contributed by atoms with E-state index < -0.39 is 0 Å². The molecule has 2 N–H and O–H groups in total. The zero-order valence-corrected chi connectivity index (χ0v) is 17.5. The maximum atomic E-state index is 5.39. The van der Waals surface area contributed by atoms with Crippen molar-refractivity contribution in [1.29, 1.82) is 0 Å². The number of aryl methyl sites for hydroxylation is 1. The highest BCUT2D eigenvalue weighted by molar-refractivity contribution is 14.0. The lowest BCUT2D eigenvalue weighted by Gasteiger charge is -2.26. The number of morpholine rings is 1. The topological polar surface area (TPSA) is 79.6 Å². The van der Waals surface area contributed by atoms with Gasteiger partial charge in [0.25, 0.3) is 0 Å². The first kappa shape index (κ1) is 20.4. The third kappa shape index (κ3) is 6.70. The van der Waals surface area contributed by atoms with Crippen molar-refractivity contribution in [2.45, 2.75) is 26.3 Å². The lowest BCUT2D eigenvalue weighted by molar-refractivity contribution is 0.0389. The fourth-order valence-electron chi connectivity index (χ4n) is 2.63. The van der Waals surface area contributed by atoms with Gasteiger partial charge < -0.3 is 19.9 Å². The maximum Gasteiger partial charge on any atom is 0.191 e. The Morgan fingerprint density at radius 2 is 2.00 bits per heavy atom. The second kappa shape index (κ2) is 10.3. The van der Waals surface area contributed by atoms with Crippen LogP contribution in [0.3, 0.4) is 0 Å². The SMILES string of the molecule is Cc1nnc(CN=C(NCCN2CCOCC2)NCC2CC2)n1C.I. The molecule has 1 aromatic heterocycles. The molecular formula is C16H30IN7O. The van der Waals surface area contributed by atoms with Crippen LogP contribution in [0.5, 0.6) is 0 Å². The van der Waals surface area contributed by atoms with Gasteiger partial charge in [0.1, 0.15) is 12.4 Å². The Bertz CT molecular complexity index is 553. The van der Waals surface area contributed by atoms with Crippen LogP contribution in [0.1, 0.15) is 24.5 Å². The molecule has 0 atom stereocenters. The lowest BCUT2D eigenvalue weighted by atomic mass is 10.4. The van der Waals surface area contributed by atoms with Gasteiger partial charge in [0.05, 0.1) is 13.2 Å². The summed E-state index contributed by atoms with van der Waals surface area (Å²) < 4.78 is 7.37. The Morgan fingerprint density at radius 3 is 2.64 bits per heavy atom. The molecule has 1 aliphatic carbocycles. The summed E-state index contributed by atoms with van der Waals surface area (Å²) in [5.74, 6) is 3.48. The lowest BCUT2D eigenvalue weighted by Crippen LogP contribution is -2.44. The normalized spacial score (nSPS) is 18.7. The Kier molecular flexibility index (Phi) is 8.37. The average molecular weight is 463 g/mol. The highest BCUT2D eigenvalue weighted by atomic mass is 127. The molecule has 2 fully saturated rings. The van der Waals surface area contributed by atoms with Crippen LogP contribution in [0.25, 0.3) is 0 Å². The number of nitrogens with one attached hydrogen (secondary N) is 2. The van der Waals surface area contributed by atoms with E-state index in [4.69, 9.17) is 4.74 Å². The average Bonchev–Trinajstić information content (AvgIpc) is 3.38. The van der Waals surface area contributed by atoms with Crippen molar-refractivity contribution in [3.05, 3.63) is 11.6 Å². The summed E-state index contributed by atoms with van der Waals surface area (Å²) >= 11 is 0. The molecule has 9 heteroatoms. The molecule has 1 aliphatic heterocycles. The van der Waals surface area contributed by atoms with Crippen molar-refractivity contribution in [3.63, 3.8) is 0 Å². The van der Waals surface area contributed by atoms with Crippen molar-refractivity contribution in [2.75, 3.05) is 45.9 Å². The summed E-state index contributed by atoms with van der Waals surface area (Å²) in [5.41, 5.74) is 0. The minimum atomic E-state index is 0. The zero-order chi connectivity index (χ0) is 16.8. The van der Waals surface area contributed by atoms with E-state index >= 15 is 0 Å².